The zero-order valence-corrected chi connectivity index (χ0v) is 13.5. The molecule has 3 heterocycles. The maximum absolute atomic E-state index is 11.0. The second-order valence-corrected chi connectivity index (χ2v) is 5.30. The van der Waals surface area contributed by atoms with Crippen LogP contribution in [-0.4, -0.2) is 41.3 Å². The van der Waals surface area contributed by atoms with Crippen LogP contribution in [0.3, 0.4) is 0 Å². The van der Waals surface area contributed by atoms with Crippen molar-refractivity contribution in [1.29, 1.82) is 0 Å². The molecule has 0 atom stereocenters. The monoisotopic (exact) mass is 338 g/mol. The summed E-state index contributed by atoms with van der Waals surface area (Å²) >= 11 is 0. The molecule has 0 aliphatic heterocycles. The smallest absolute Gasteiger partial charge is 0.359 e. The highest BCUT2D eigenvalue weighted by atomic mass is 16.5. The first-order chi connectivity index (χ1) is 12.0. The minimum absolute atomic E-state index is 0.131. The molecule has 0 fully saturated rings. The van der Waals surface area contributed by atoms with E-state index in [9.17, 15) is 4.79 Å². The van der Waals surface area contributed by atoms with Gasteiger partial charge in [0.05, 0.1) is 0 Å². The Labute approximate surface area is 142 Å². The van der Waals surface area contributed by atoms with Gasteiger partial charge in [0.2, 0.25) is 5.69 Å². The van der Waals surface area contributed by atoms with Crippen molar-refractivity contribution in [3.05, 3.63) is 47.7 Å². The van der Waals surface area contributed by atoms with E-state index in [2.05, 4.69) is 37.3 Å². The second kappa shape index (κ2) is 6.84. The number of nitrogens with one attached hydrogen (secondary N) is 1. The summed E-state index contributed by atoms with van der Waals surface area (Å²) in [5, 5.41) is 22.6. The van der Waals surface area contributed by atoms with Gasteiger partial charge in [0.1, 0.15) is 17.1 Å². The van der Waals surface area contributed by atoms with Crippen LogP contribution in [0.2, 0.25) is 0 Å². The largest absolute Gasteiger partial charge is 0.476 e. The number of carbonyl (C=O) groups is 1. The summed E-state index contributed by atoms with van der Waals surface area (Å²) in [5.74, 6) is 4.82. The Hall–Kier alpha value is -3.67. The number of hydrogen-bond donors (Lipinski definition) is 2. The number of pyridine rings is 1. The van der Waals surface area contributed by atoms with Crippen LogP contribution in [0.4, 0.5) is 0 Å². The fraction of sp³-hybridized carbons (Fsp3) is 0.188. The molecule has 0 aliphatic carbocycles. The van der Waals surface area contributed by atoms with Gasteiger partial charge in [0.15, 0.2) is 0 Å². The lowest BCUT2D eigenvalue weighted by molar-refractivity contribution is 0.0687. The minimum Gasteiger partial charge on any atom is -0.476 e. The maximum Gasteiger partial charge on any atom is 0.359 e. The topological polar surface area (TPSA) is 119 Å². The number of rotatable bonds is 4. The van der Waals surface area contributed by atoms with E-state index in [-0.39, 0.29) is 17.6 Å². The normalized spacial score (nSPS) is 10.4. The molecule has 3 aromatic rings. The standard InChI is InChI=1S/C16H14N6O3/c1-10(2)22-8-6-11(20-22)3-4-12-9-13(5-7-17-12)25-15-14(16(23)24)18-21-19-15/h5-10H,1-2H3,(H,23,24)(H,18,19,21). The lowest BCUT2D eigenvalue weighted by Crippen LogP contribution is -2.00. The van der Waals surface area contributed by atoms with E-state index in [4.69, 9.17) is 9.84 Å². The van der Waals surface area contributed by atoms with Gasteiger partial charge in [-0.15, -0.1) is 0 Å². The summed E-state index contributed by atoms with van der Waals surface area (Å²) < 4.78 is 7.24. The third-order valence-corrected chi connectivity index (χ3v) is 3.13. The SMILES string of the molecule is CC(C)n1ccc(C#Cc2cc(Oc3nn[nH]c3C(=O)O)ccn2)n1. The summed E-state index contributed by atoms with van der Waals surface area (Å²) in [4.78, 5) is 15.1. The van der Waals surface area contributed by atoms with Gasteiger partial charge in [0.25, 0.3) is 5.88 Å². The molecule has 2 N–H and O–H groups in total. The number of nitrogens with zero attached hydrogens (tertiary/aromatic N) is 5. The average molecular weight is 338 g/mol. The van der Waals surface area contributed by atoms with Crippen molar-refractivity contribution >= 4 is 5.97 Å². The van der Waals surface area contributed by atoms with Crippen LogP contribution in [0.1, 0.15) is 41.8 Å². The van der Waals surface area contributed by atoms with Gasteiger partial charge in [-0.25, -0.2) is 14.9 Å². The zero-order valence-electron chi connectivity index (χ0n) is 13.5. The first-order valence-electron chi connectivity index (χ1n) is 7.38. The Kier molecular flexibility index (Phi) is 4.43. The van der Waals surface area contributed by atoms with E-state index < -0.39 is 5.97 Å². The fourth-order valence-corrected chi connectivity index (χ4v) is 1.90. The Morgan fingerprint density at radius 3 is 2.84 bits per heavy atom. The summed E-state index contributed by atoms with van der Waals surface area (Å²) in [6.45, 7) is 4.06. The highest BCUT2D eigenvalue weighted by molar-refractivity contribution is 5.87. The van der Waals surface area contributed by atoms with Crippen molar-refractivity contribution in [2.24, 2.45) is 0 Å². The molecule has 0 bridgehead atoms. The predicted octanol–water partition coefficient (Wildman–Crippen LogP) is 1.87. The summed E-state index contributed by atoms with van der Waals surface area (Å²) in [7, 11) is 0. The van der Waals surface area contributed by atoms with Gasteiger partial charge in [-0.2, -0.15) is 5.10 Å². The summed E-state index contributed by atoms with van der Waals surface area (Å²) in [5.41, 5.74) is 0.854. The second-order valence-electron chi connectivity index (χ2n) is 5.30. The van der Waals surface area contributed by atoms with Crippen LogP contribution in [-0.2, 0) is 0 Å². The molecule has 0 aliphatic rings. The number of carboxylic acid groups (broad SMARTS) is 1. The molecule has 0 unspecified atom stereocenters. The van der Waals surface area contributed by atoms with Crippen LogP contribution in [0.15, 0.2) is 30.6 Å². The molecule has 0 amide bonds. The predicted molar refractivity (Wildman–Crippen MR) is 86.2 cm³/mol. The molecule has 0 saturated heterocycles. The number of aromatic carboxylic acids is 1. The molecule has 9 heteroatoms. The number of aromatic amines is 1. The molecule has 3 aromatic heterocycles. The van der Waals surface area contributed by atoms with Crippen molar-refractivity contribution < 1.29 is 14.6 Å². The molecule has 9 nitrogen and oxygen atoms in total. The van der Waals surface area contributed by atoms with E-state index in [1.807, 2.05) is 30.8 Å². The Bertz CT molecular complexity index is 963. The summed E-state index contributed by atoms with van der Waals surface area (Å²) in [6, 6.07) is 5.23. The van der Waals surface area contributed by atoms with E-state index in [0.717, 1.165) is 0 Å². The van der Waals surface area contributed by atoms with E-state index >= 15 is 0 Å². The molecule has 0 aromatic carbocycles. The molecular weight excluding hydrogens is 324 g/mol. The quantitative estimate of drug-likeness (QED) is 0.697. The van der Waals surface area contributed by atoms with Crippen molar-refractivity contribution in [3.63, 3.8) is 0 Å². The highest BCUT2D eigenvalue weighted by Gasteiger charge is 2.16. The molecule has 25 heavy (non-hydrogen) atoms. The third kappa shape index (κ3) is 3.81. The highest BCUT2D eigenvalue weighted by Crippen LogP contribution is 2.21. The minimum atomic E-state index is -1.21. The first kappa shape index (κ1) is 16.2. The number of hydrogen-bond acceptors (Lipinski definition) is 6. The van der Waals surface area contributed by atoms with Crippen LogP contribution in [0.25, 0.3) is 0 Å². The van der Waals surface area contributed by atoms with E-state index in [1.165, 1.54) is 6.20 Å². The van der Waals surface area contributed by atoms with Crippen LogP contribution in [0.5, 0.6) is 11.6 Å². The van der Waals surface area contributed by atoms with Crippen molar-refractivity contribution in [2.75, 3.05) is 0 Å². The van der Waals surface area contributed by atoms with Crippen molar-refractivity contribution in [1.82, 2.24) is 30.2 Å². The van der Waals surface area contributed by atoms with Gasteiger partial charge in [-0.1, -0.05) is 10.3 Å². The Balaban J connectivity index is 1.79. The molecule has 0 saturated carbocycles. The van der Waals surface area contributed by atoms with E-state index in [0.29, 0.717) is 17.1 Å². The lowest BCUT2D eigenvalue weighted by Gasteiger charge is -2.02. The number of H-pyrrole nitrogens is 1. The van der Waals surface area contributed by atoms with Crippen LogP contribution < -0.4 is 4.74 Å². The van der Waals surface area contributed by atoms with Crippen molar-refractivity contribution in [2.45, 2.75) is 19.9 Å². The maximum atomic E-state index is 11.0. The fourth-order valence-electron chi connectivity index (χ4n) is 1.90. The number of carboxylic acids is 1. The van der Waals surface area contributed by atoms with E-state index in [1.54, 1.807) is 12.1 Å². The molecule has 0 radical (unpaired) electrons. The van der Waals surface area contributed by atoms with Gasteiger partial charge in [0, 0.05) is 24.5 Å². The number of ether oxygens (including phenoxy) is 1. The third-order valence-electron chi connectivity index (χ3n) is 3.13. The van der Waals surface area contributed by atoms with Gasteiger partial charge in [-0.05, 0) is 37.8 Å². The molecule has 0 spiro atoms. The van der Waals surface area contributed by atoms with Crippen LogP contribution >= 0.6 is 0 Å². The molecular formula is C16H14N6O3. The first-order valence-corrected chi connectivity index (χ1v) is 7.38. The number of aromatic nitrogens is 6. The Morgan fingerprint density at radius 2 is 2.12 bits per heavy atom. The zero-order chi connectivity index (χ0) is 17.8. The lowest BCUT2D eigenvalue weighted by atomic mass is 10.3. The van der Waals surface area contributed by atoms with Gasteiger partial charge >= 0.3 is 5.97 Å². The molecule has 126 valence electrons. The van der Waals surface area contributed by atoms with Gasteiger partial charge < -0.3 is 9.84 Å². The average Bonchev–Trinajstić information content (AvgIpc) is 3.22. The van der Waals surface area contributed by atoms with Crippen molar-refractivity contribution in [3.8, 4) is 23.5 Å². The Morgan fingerprint density at radius 1 is 1.32 bits per heavy atom. The molecule has 3 rings (SSSR count). The van der Waals surface area contributed by atoms with Gasteiger partial charge in [-0.3, -0.25) is 4.68 Å². The summed E-state index contributed by atoms with van der Waals surface area (Å²) in [6.07, 6.45) is 3.37. The van der Waals surface area contributed by atoms with Crippen LogP contribution in [0, 0.1) is 11.8 Å².